The second kappa shape index (κ2) is 11.1. The van der Waals surface area contributed by atoms with Crippen molar-refractivity contribution in [2.75, 3.05) is 5.32 Å². The predicted octanol–water partition coefficient (Wildman–Crippen LogP) is 6.77. The lowest BCUT2D eigenvalue weighted by Crippen LogP contribution is -2.35. The second-order valence-electron chi connectivity index (χ2n) is 10.0. The molecule has 3 rings (SSSR count). The summed E-state index contributed by atoms with van der Waals surface area (Å²) < 4.78 is 5.83. The number of anilines is 1. The van der Waals surface area contributed by atoms with Crippen molar-refractivity contribution < 1.29 is 14.3 Å². The lowest BCUT2D eigenvalue weighted by Gasteiger charge is -2.39. The lowest BCUT2D eigenvalue weighted by atomic mass is 9.66. The number of halogens is 1. The largest absolute Gasteiger partial charge is 0.463 e. The first-order valence-corrected chi connectivity index (χ1v) is 12.2. The van der Waals surface area contributed by atoms with Crippen LogP contribution in [-0.4, -0.2) is 12.4 Å². The predicted molar refractivity (Wildman–Crippen MR) is 132 cm³/mol. The van der Waals surface area contributed by atoms with Crippen LogP contribution in [0.1, 0.15) is 57.6 Å². The third-order valence-corrected chi connectivity index (χ3v) is 7.34. The molecule has 1 atom stereocenters. The third-order valence-electron chi connectivity index (χ3n) is 6.81. The van der Waals surface area contributed by atoms with Gasteiger partial charge >= 0.3 is 0 Å². The van der Waals surface area contributed by atoms with E-state index in [1.54, 1.807) is 0 Å². The van der Waals surface area contributed by atoms with Gasteiger partial charge in [-0.3, -0.25) is 9.59 Å². The van der Waals surface area contributed by atoms with Gasteiger partial charge < -0.3 is 10.1 Å². The smallest absolute Gasteiger partial charge is 0.293 e. The van der Waals surface area contributed by atoms with Gasteiger partial charge in [0, 0.05) is 16.1 Å². The number of rotatable bonds is 8. The van der Waals surface area contributed by atoms with Crippen molar-refractivity contribution in [1.82, 2.24) is 0 Å². The summed E-state index contributed by atoms with van der Waals surface area (Å²) in [4.78, 5) is 23.8. The molecule has 0 bridgehead atoms. The van der Waals surface area contributed by atoms with E-state index in [9.17, 15) is 9.59 Å². The second-order valence-corrected chi connectivity index (χ2v) is 10.9. The van der Waals surface area contributed by atoms with Crippen molar-refractivity contribution in [3.8, 4) is 0 Å². The van der Waals surface area contributed by atoms with E-state index in [-0.39, 0.29) is 18.4 Å². The minimum atomic E-state index is -0.0726. The number of hydrogen-bond acceptors (Lipinski definition) is 3. The Morgan fingerprint density at radius 2 is 1.62 bits per heavy atom. The van der Waals surface area contributed by atoms with Gasteiger partial charge in [0.2, 0.25) is 5.91 Å². The summed E-state index contributed by atoms with van der Waals surface area (Å²) in [6.45, 7) is 7.71. The quantitative estimate of drug-likeness (QED) is 0.407. The molecule has 1 amide bonds. The van der Waals surface area contributed by atoms with Gasteiger partial charge in [0.05, 0.1) is 0 Å². The molecule has 0 saturated heterocycles. The molecule has 0 radical (unpaired) electrons. The van der Waals surface area contributed by atoms with Crippen molar-refractivity contribution in [2.24, 2.45) is 23.2 Å². The highest BCUT2D eigenvalue weighted by atomic mass is 79.9. The number of nitrogens with one attached hydrogen (secondary N) is 1. The molecule has 0 spiro atoms. The Hall–Kier alpha value is -2.14. The van der Waals surface area contributed by atoms with Gasteiger partial charge in [-0.2, -0.15) is 0 Å². The Labute approximate surface area is 200 Å². The Kier molecular flexibility index (Phi) is 8.52. The maximum atomic E-state index is 13.4. The summed E-state index contributed by atoms with van der Waals surface area (Å²) in [5.74, 6) is 1.12. The molecule has 2 aromatic carbocycles. The van der Waals surface area contributed by atoms with Crippen LogP contribution in [0, 0.1) is 23.2 Å². The normalized spacial score (nSPS) is 19.8. The Bertz CT molecular complexity index is 879. The molecule has 32 heavy (non-hydrogen) atoms. The van der Waals surface area contributed by atoms with Crippen LogP contribution < -0.4 is 5.32 Å². The molecule has 0 heterocycles. The highest BCUT2D eigenvalue weighted by Gasteiger charge is 2.35. The molecular weight excluding hydrogens is 466 g/mol. The number of carbonyl (C=O) groups is 2. The number of ether oxygens (including phenoxy) is 1. The van der Waals surface area contributed by atoms with Crippen LogP contribution >= 0.6 is 15.9 Å². The minimum Gasteiger partial charge on any atom is -0.463 e. The average molecular weight is 500 g/mol. The maximum Gasteiger partial charge on any atom is 0.293 e. The van der Waals surface area contributed by atoms with Gasteiger partial charge in [-0.15, -0.1) is 0 Å². The van der Waals surface area contributed by atoms with Crippen molar-refractivity contribution in [1.29, 1.82) is 0 Å². The fraction of sp³-hybridized carbons (Fsp3) is 0.481. The average Bonchev–Trinajstić information content (AvgIpc) is 2.78. The first-order chi connectivity index (χ1) is 15.3. The van der Waals surface area contributed by atoms with E-state index in [4.69, 9.17) is 4.74 Å². The molecule has 2 aromatic rings. The van der Waals surface area contributed by atoms with E-state index >= 15 is 0 Å². The molecule has 1 saturated carbocycles. The lowest BCUT2D eigenvalue weighted by molar-refractivity contribution is -0.129. The number of benzene rings is 2. The SMILES string of the molecule is CC(C)(C)C1CCC(C(Cc2ccc(COC=O)cc2)C(=O)Nc2ccc(Br)cc2)CC1. The fourth-order valence-electron chi connectivity index (χ4n) is 4.78. The molecule has 1 aliphatic rings. The van der Waals surface area contributed by atoms with Crippen molar-refractivity contribution in [3.05, 3.63) is 64.1 Å². The molecule has 1 N–H and O–H groups in total. The summed E-state index contributed by atoms with van der Waals surface area (Å²) in [6.07, 6.45) is 5.25. The number of amides is 1. The summed E-state index contributed by atoms with van der Waals surface area (Å²) in [5.41, 5.74) is 3.23. The maximum absolute atomic E-state index is 13.4. The van der Waals surface area contributed by atoms with Gasteiger partial charge in [-0.05, 0) is 84.7 Å². The molecule has 1 aliphatic carbocycles. The molecule has 1 fully saturated rings. The first kappa shape index (κ1) is 24.5. The van der Waals surface area contributed by atoms with E-state index < -0.39 is 0 Å². The monoisotopic (exact) mass is 499 g/mol. The zero-order valence-electron chi connectivity index (χ0n) is 19.3. The number of carbonyl (C=O) groups excluding carboxylic acids is 2. The number of hydrogen-bond donors (Lipinski definition) is 1. The zero-order valence-corrected chi connectivity index (χ0v) is 20.9. The van der Waals surface area contributed by atoms with Gasteiger partial charge in [-0.25, -0.2) is 0 Å². The molecule has 172 valence electrons. The highest BCUT2D eigenvalue weighted by molar-refractivity contribution is 9.10. The standard InChI is InChI=1S/C27H34BrNO3/c1-27(2,3)22-10-8-21(9-11-22)25(26(31)29-24-14-12-23(28)13-15-24)16-19-4-6-20(7-5-19)17-32-18-30/h4-7,12-15,18,21-22,25H,8-11,16-17H2,1-3H3,(H,29,31). The molecule has 4 nitrogen and oxygen atoms in total. The summed E-state index contributed by atoms with van der Waals surface area (Å²) in [6, 6.07) is 15.8. The van der Waals surface area contributed by atoms with Crippen LogP contribution in [-0.2, 0) is 27.4 Å². The first-order valence-electron chi connectivity index (χ1n) is 11.5. The molecule has 1 unspecified atom stereocenters. The topological polar surface area (TPSA) is 55.4 Å². The molecular formula is C27H34BrNO3. The van der Waals surface area contributed by atoms with Crippen LogP contribution in [0.25, 0.3) is 0 Å². The third kappa shape index (κ3) is 6.93. The van der Waals surface area contributed by atoms with Gasteiger partial charge in [-0.1, -0.05) is 61.0 Å². The fourth-order valence-corrected chi connectivity index (χ4v) is 5.05. The Balaban J connectivity index is 1.73. The Morgan fingerprint density at radius 1 is 1.03 bits per heavy atom. The molecule has 5 heteroatoms. The van der Waals surface area contributed by atoms with Crippen LogP contribution in [0.15, 0.2) is 53.0 Å². The van der Waals surface area contributed by atoms with E-state index in [0.29, 0.717) is 30.1 Å². The van der Waals surface area contributed by atoms with E-state index in [1.165, 1.54) is 12.8 Å². The van der Waals surface area contributed by atoms with Crippen molar-refractivity contribution >= 4 is 34.0 Å². The summed E-state index contributed by atoms with van der Waals surface area (Å²) in [5, 5.41) is 3.15. The summed E-state index contributed by atoms with van der Waals surface area (Å²) >= 11 is 3.45. The van der Waals surface area contributed by atoms with E-state index in [0.717, 1.165) is 34.1 Å². The van der Waals surface area contributed by atoms with Crippen molar-refractivity contribution in [3.63, 3.8) is 0 Å². The van der Waals surface area contributed by atoms with Crippen LogP contribution in [0.2, 0.25) is 0 Å². The van der Waals surface area contributed by atoms with Gasteiger partial charge in [0.25, 0.3) is 6.47 Å². The van der Waals surface area contributed by atoms with Gasteiger partial charge in [0.15, 0.2) is 0 Å². The summed E-state index contributed by atoms with van der Waals surface area (Å²) in [7, 11) is 0. The van der Waals surface area contributed by atoms with Crippen LogP contribution in [0.5, 0.6) is 0 Å². The molecule has 0 aliphatic heterocycles. The zero-order chi connectivity index (χ0) is 23.1. The van der Waals surface area contributed by atoms with E-state index in [2.05, 4.69) is 42.0 Å². The Morgan fingerprint density at radius 3 is 2.19 bits per heavy atom. The minimum absolute atomic E-state index is 0.0726. The van der Waals surface area contributed by atoms with Gasteiger partial charge in [0.1, 0.15) is 6.61 Å². The van der Waals surface area contributed by atoms with Crippen LogP contribution in [0.3, 0.4) is 0 Å². The molecule has 0 aromatic heterocycles. The highest BCUT2D eigenvalue weighted by Crippen LogP contribution is 2.42. The van der Waals surface area contributed by atoms with E-state index in [1.807, 2.05) is 48.5 Å². The van der Waals surface area contributed by atoms with Crippen molar-refractivity contribution in [2.45, 2.75) is 59.5 Å². The van der Waals surface area contributed by atoms with Crippen LogP contribution in [0.4, 0.5) is 5.69 Å².